The summed E-state index contributed by atoms with van der Waals surface area (Å²) < 4.78 is 45.6. The molecule has 118 valence electrons. The van der Waals surface area contributed by atoms with Crippen molar-refractivity contribution in [3.63, 3.8) is 0 Å². The lowest BCUT2D eigenvalue weighted by atomic mass is 9.88. The summed E-state index contributed by atoms with van der Waals surface area (Å²) in [6, 6.07) is 5.76. The predicted molar refractivity (Wildman–Crippen MR) is 72.0 cm³/mol. The Morgan fingerprint density at radius 3 is 2.86 bits per heavy atom. The summed E-state index contributed by atoms with van der Waals surface area (Å²) in [5, 5.41) is 0. The van der Waals surface area contributed by atoms with Crippen molar-refractivity contribution in [2.75, 3.05) is 13.1 Å². The number of rotatable bonds is 1. The van der Waals surface area contributed by atoms with E-state index in [1.165, 1.54) is 0 Å². The molecule has 2 heterocycles. The van der Waals surface area contributed by atoms with E-state index < -0.39 is 12.5 Å². The van der Waals surface area contributed by atoms with Crippen LogP contribution in [0.4, 0.5) is 18.0 Å². The molecule has 0 aromatic heterocycles. The van der Waals surface area contributed by atoms with Crippen molar-refractivity contribution in [1.82, 2.24) is 4.90 Å². The molecule has 4 nitrogen and oxygen atoms in total. The summed E-state index contributed by atoms with van der Waals surface area (Å²) >= 11 is 0. The SMILES string of the molecule is C=Cc1ccc2c(c1)C1CN(C(=O)OC(F)(F)F)CC1OC2. The topological polar surface area (TPSA) is 38.8 Å². The molecule has 2 aliphatic heterocycles. The van der Waals surface area contributed by atoms with Gasteiger partial charge in [0.05, 0.1) is 19.3 Å². The molecule has 1 saturated heterocycles. The molecule has 7 heteroatoms. The third-order valence-electron chi connectivity index (χ3n) is 3.99. The van der Waals surface area contributed by atoms with Gasteiger partial charge in [0.15, 0.2) is 0 Å². The molecule has 2 aliphatic rings. The second kappa shape index (κ2) is 5.31. The average Bonchev–Trinajstić information content (AvgIpc) is 2.89. The fraction of sp³-hybridized carbons (Fsp3) is 0.400. The number of benzene rings is 1. The number of hydrogen-bond donors (Lipinski definition) is 0. The molecule has 1 aromatic carbocycles. The van der Waals surface area contributed by atoms with Crippen LogP contribution in [0.5, 0.6) is 0 Å². The van der Waals surface area contributed by atoms with Crippen LogP contribution in [0.1, 0.15) is 22.6 Å². The van der Waals surface area contributed by atoms with Gasteiger partial charge in [-0.1, -0.05) is 30.9 Å². The first-order valence-corrected chi connectivity index (χ1v) is 6.79. The molecule has 1 amide bonds. The van der Waals surface area contributed by atoms with Crippen molar-refractivity contribution in [3.05, 3.63) is 41.5 Å². The predicted octanol–water partition coefficient (Wildman–Crippen LogP) is 3.28. The lowest BCUT2D eigenvalue weighted by Gasteiger charge is -2.27. The van der Waals surface area contributed by atoms with Crippen molar-refractivity contribution in [3.8, 4) is 0 Å². The number of nitrogens with zero attached hydrogens (tertiary/aromatic N) is 1. The van der Waals surface area contributed by atoms with Crippen molar-refractivity contribution >= 4 is 12.2 Å². The molecular formula is C15H14F3NO3. The molecule has 0 aliphatic carbocycles. The number of alkyl halides is 3. The second-order valence-electron chi connectivity index (χ2n) is 5.34. The van der Waals surface area contributed by atoms with E-state index in [0.29, 0.717) is 6.61 Å². The molecule has 0 radical (unpaired) electrons. The highest BCUT2D eigenvalue weighted by atomic mass is 19.4. The largest absolute Gasteiger partial charge is 0.576 e. The molecule has 3 rings (SSSR count). The number of hydrogen-bond acceptors (Lipinski definition) is 3. The summed E-state index contributed by atoms with van der Waals surface area (Å²) in [4.78, 5) is 12.6. The number of fused-ring (bicyclic) bond motifs is 3. The van der Waals surface area contributed by atoms with Crippen molar-refractivity contribution in [2.45, 2.75) is 25.0 Å². The first-order chi connectivity index (χ1) is 10.4. The Labute approximate surface area is 125 Å². The summed E-state index contributed by atoms with van der Waals surface area (Å²) in [6.45, 7) is 4.33. The number of carbonyl (C=O) groups is 1. The summed E-state index contributed by atoms with van der Waals surface area (Å²) in [5.41, 5.74) is 2.91. The number of likely N-dealkylation sites (tertiary alicyclic amines) is 1. The smallest absolute Gasteiger partial charge is 0.371 e. The van der Waals surface area contributed by atoms with Crippen LogP contribution >= 0.6 is 0 Å². The van der Waals surface area contributed by atoms with Gasteiger partial charge in [0, 0.05) is 12.5 Å². The maximum atomic E-state index is 12.2. The van der Waals surface area contributed by atoms with Gasteiger partial charge >= 0.3 is 12.5 Å². The van der Waals surface area contributed by atoms with E-state index in [1.54, 1.807) is 6.08 Å². The second-order valence-corrected chi connectivity index (χ2v) is 5.34. The first kappa shape index (κ1) is 14.9. The Morgan fingerprint density at radius 2 is 2.18 bits per heavy atom. The number of amides is 1. The molecule has 1 aromatic rings. The van der Waals surface area contributed by atoms with Gasteiger partial charge in [0.2, 0.25) is 0 Å². The summed E-state index contributed by atoms with van der Waals surface area (Å²) in [5.74, 6) is -0.149. The van der Waals surface area contributed by atoms with Crippen LogP contribution < -0.4 is 0 Å². The van der Waals surface area contributed by atoms with Gasteiger partial charge in [-0.25, -0.2) is 4.79 Å². The van der Waals surface area contributed by atoms with Gasteiger partial charge in [0.1, 0.15) is 0 Å². The van der Waals surface area contributed by atoms with E-state index >= 15 is 0 Å². The van der Waals surface area contributed by atoms with Gasteiger partial charge in [-0.05, 0) is 16.7 Å². The Kier molecular flexibility index (Phi) is 3.60. The molecule has 0 spiro atoms. The fourth-order valence-electron chi connectivity index (χ4n) is 2.97. The lowest BCUT2D eigenvalue weighted by molar-refractivity contribution is -0.294. The van der Waals surface area contributed by atoms with Gasteiger partial charge in [-0.15, -0.1) is 13.2 Å². The minimum Gasteiger partial charge on any atom is -0.371 e. The summed E-state index contributed by atoms with van der Waals surface area (Å²) in [7, 11) is 0. The van der Waals surface area contributed by atoms with Crippen LogP contribution in [-0.4, -0.2) is 36.5 Å². The number of carbonyl (C=O) groups excluding carboxylic acids is 1. The Hall–Kier alpha value is -2.02. The zero-order chi connectivity index (χ0) is 15.9. The van der Waals surface area contributed by atoms with Crippen LogP contribution in [-0.2, 0) is 16.1 Å². The molecule has 0 bridgehead atoms. The molecule has 22 heavy (non-hydrogen) atoms. The van der Waals surface area contributed by atoms with Crippen molar-refractivity contribution < 1.29 is 27.4 Å². The average molecular weight is 313 g/mol. The highest BCUT2D eigenvalue weighted by Crippen LogP contribution is 2.38. The molecule has 1 fully saturated rings. The van der Waals surface area contributed by atoms with Crippen LogP contribution in [0.3, 0.4) is 0 Å². The standard InChI is InChI=1S/C15H14F3NO3/c1-2-9-3-4-10-8-21-13-7-19(6-12(13)11(10)5-9)14(20)22-15(16,17)18/h2-5,12-13H,1,6-8H2. The monoisotopic (exact) mass is 313 g/mol. The highest BCUT2D eigenvalue weighted by molar-refractivity contribution is 5.68. The lowest BCUT2D eigenvalue weighted by Crippen LogP contribution is -2.34. The van der Waals surface area contributed by atoms with Gasteiger partial charge in [-0.3, -0.25) is 0 Å². The normalized spacial score (nSPS) is 23.7. The van der Waals surface area contributed by atoms with Crippen LogP contribution in [0, 0.1) is 0 Å². The van der Waals surface area contributed by atoms with E-state index in [-0.39, 0.29) is 25.1 Å². The van der Waals surface area contributed by atoms with E-state index in [2.05, 4.69) is 11.3 Å². The van der Waals surface area contributed by atoms with E-state index in [0.717, 1.165) is 21.6 Å². The van der Waals surface area contributed by atoms with Crippen molar-refractivity contribution in [2.24, 2.45) is 0 Å². The highest BCUT2D eigenvalue weighted by Gasteiger charge is 2.44. The Bertz CT molecular complexity index is 615. The fourth-order valence-corrected chi connectivity index (χ4v) is 2.97. The number of ether oxygens (including phenoxy) is 2. The molecular weight excluding hydrogens is 299 g/mol. The number of halogens is 3. The maximum absolute atomic E-state index is 12.2. The van der Waals surface area contributed by atoms with Gasteiger partial charge in [0.25, 0.3) is 0 Å². The van der Waals surface area contributed by atoms with Crippen LogP contribution in [0.2, 0.25) is 0 Å². The van der Waals surface area contributed by atoms with E-state index in [9.17, 15) is 18.0 Å². The van der Waals surface area contributed by atoms with Crippen molar-refractivity contribution in [1.29, 1.82) is 0 Å². The van der Waals surface area contributed by atoms with Crippen LogP contribution in [0.15, 0.2) is 24.8 Å². The van der Waals surface area contributed by atoms with Crippen LogP contribution in [0.25, 0.3) is 6.08 Å². The molecule has 0 saturated carbocycles. The summed E-state index contributed by atoms with van der Waals surface area (Å²) in [6.07, 6.45) is -4.96. The Balaban J connectivity index is 1.80. The molecule has 2 atom stereocenters. The Morgan fingerprint density at radius 1 is 1.41 bits per heavy atom. The van der Waals surface area contributed by atoms with E-state index in [1.807, 2.05) is 18.2 Å². The molecule has 2 unspecified atom stereocenters. The quantitative estimate of drug-likeness (QED) is 0.798. The maximum Gasteiger partial charge on any atom is 0.576 e. The minimum atomic E-state index is -4.97. The zero-order valence-electron chi connectivity index (χ0n) is 11.6. The van der Waals surface area contributed by atoms with E-state index in [4.69, 9.17) is 4.74 Å². The third kappa shape index (κ3) is 2.81. The van der Waals surface area contributed by atoms with Gasteiger partial charge in [-0.2, -0.15) is 0 Å². The third-order valence-corrected chi connectivity index (χ3v) is 3.99. The van der Waals surface area contributed by atoms with Gasteiger partial charge < -0.3 is 14.4 Å². The zero-order valence-corrected chi connectivity index (χ0v) is 11.6. The first-order valence-electron chi connectivity index (χ1n) is 6.79. The molecule has 0 N–H and O–H groups in total. The minimum absolute atomic E-state index is 0.0946.